The second-order valence-corrected chi connectivity index (χ2v) is 12.8. The molecule has 0 saturated carbocycles. The summed E-state index contributed by atoms with van der Waals surface area (Å²) in [7, 11) is -3.31. The van der Waals surface area contributed by atoms with Crippen molar-refractivity contribution in [3.8, 4) is 5.75 Å². The van der Waals surface area contributed by atoms with Crippen molar-refractivity contribution < 1.29 is 22.7 Å². The van der Waals surface area contributed by atoms with E-state index in [1.165, 1.54) is 5.56 Å². The minimum Gasteiger partial charge on any atom is -0.494 e. The molecule has 5 rings (SSSR count). The van der Waals surface area contributed by atoms with Crippen LogP contribution in [0, 0.1) is 0 Å². The molecule has 2 amide bonds. The van der Waals surface area contributed by atoms with E-state index in [1.807, 2.05) is 28.0 Å². The molecule has 0 aromatic heterocycles. The highest BCUT2D eigenvalue weighted by molar-refractivity contribution is 7.91. The number of hydrogen-bond acceptors (Lipinski definition) is 6. The molecule has 0 atom stereocenters. The summed E-state index contributed by atoms with van der Waals surface area (Å²) in [6, 6.07) is 21.7. The number of nitrogens with two attached hydrogens (primary N) is 1. The van der Waals surface area contributed by atoms with Crippen LogP contribution >= 0.6 is 0 Å². The molecule has 1 fully saturated rings. The van der Waals surface area contributed by atoms with Crippen molar-refractivity contribution in [2.75, 3.05) is 36.1 Å². The van der Waals surface area contributed by atoms with Crippen LogP contribution in [-0.4, -0.2) is 56.6 Å². The lowest BCUT2D eigenvalue weighted by Gasteiger charge is -2.41. The number of piperidine rings is 1. The van der Waals surface area contributed by atoms with Crippen molar-refractivity contribution in [2.24, 2.45) is 0 Å². The first-order chi connectivity index (χ1) is 19.8. The molecule has 3 aromatic rings. The molecule has 0 spiro atoms. The topological polar surface area (TPSA) is 110 Å². The van der Waals surface area contributed by atoms with Crippen molar-refractivity contribution in [3.05, 3.63) is 83.9 Å². The van der Waals surface area contributed by atoms with Gasteiger partial charge in [-0.05, 0) is 98.7 Å². The van der Waals surface area contributed by atoms with Gasteiger partial charge >= 0.3 is 0 Å². The average Bonchev–Trinajstić information content (AvgIpc) is 2.99. The zero-order valence-corrected chi connectivity index (χ0v) is 24.0. The molecular formula is C32H37N3O5S. The highest BCUT2D eigenvalue weighted by Gasteiger charge is 2.33. The molecule has 9 heteroatoms. The minimum absolute atomic E-state index is 0.0114. The number of carbonyl (C=O) groups is 2. The number of hydrogen-bond donors (Lipinski definition) is 1. The fourth-order valence-corrected chi connectivity index (χ4v) is 6.98. The lowest BCUT2D eigenvalue weighted by atomic mass is 9.95. The van der Waals surface area contributed by atoms with Crippen LogP contribution in [-0.2, 0) is 21.1 Å². The summed E-state index contributed by atoms with van der Waals surface area (Å²) in [5.41, 5.74) is 9.03. The van der Waals surface area contributed by atoms with Crippen LogP contribution in [0.3, 0.4) is 0 Å². The number of unbranched alkanes of at least 4 members (excludes halogenated alkanes) is 2. The number of fused-ring (bicyclic) bond motifs is 1. The number of nitrogen functional groups attached to an aromatic ring is 1. The Hall–Kier alpha value is -3.85. The van der Waals surface area contributed by atoms with Crippen molar-refractivity contribution in [1.29, 1.82) is 0 Å². The number of amides is 2. The van der Waals surface area contributed by atoms with E-state index in [-0.39, 0.29) is 23.6 Å². The average molecular weight is 576 g/mol. The zero-order chi connectivity index (χ0) is 28.8. The van der Waals surface area contributed by atoms with Gasteiger partial charge < -0.3 is 20.3 Å². The lowest BCUT2D eigenvalue weighted by molar-refractivity contribution is -0.119. The van der Waals surface area contributed by atoms with E-state index in [4.69, 9.17) is 10.5 Å². The number of carbonyl (C=O) groups excluding carboxylic acids is 2. The van der Waals surface area contributed by atoms with Crippen LogP contribution in [0.25, 0.3) is 0 Å². The molecule has 2 heterocycles. The fraction of sp³-hybridized carbons (Fsp3) is 0.375. The molecule has 41 heavy (non-hydrogen) atoms. The van der Waals surface area contributed by atoms with E-state index in [2.05, 4.69) is 6.07 Å². The Morgan fingerprint density at radius 1 is 0.878 bits per heavy atom. The molecule has 0 radical (unpaired) electrons. The van der Waals surface area contributed by atoms with Gasteiger partial charge in [-0.3, -0.25) is 9.59 Å². The number of rotatable bonds is 10. The number of nitrogens with zero attached hydrogens (tertiary/aromatic N) is 2. The smallest absolute Gasteiger partial charge is 0.253 e. The monoisotopic (exact) mass is 575 g/mol. The summed E-state index contributed by atoms with van der Waals surface area (Å²) in [5.74, 6) is 0.930. The van der Waals surface area contributed by atoms with E-state index < -0.39 is 9.84 Å². The van der Waals surface area contributed by atoms with Crippen molar-refractivity contribution in [3.63, 3.8) is 0 Å². The van der Waals surface area contributed by atoms with Gasteiger partial charge in [0.2, 0.25) is 5.91 Å². The van der Waals surface area contributed by atoms with E-state index in [1.54, 1.807) is 48.5 Å². The Labute approximate surface area is 242 Å². The third-order valence-corrected chi connectivity index (χ3v) is 9.73. The first kappa shape index (κ1) is 28.7. The summed E-state index contributed by atoms with van der Waals surface area (Å²) < 4.78 is 30.7. The molecule has 3 aromatic carbocycles. The van der Waals surface area contributed by atoms with E-state index in [0.29, 0.717) is 54.4 Å². The Balaban J connectivity index is 1.04. The Morgan fingerprint density at radius 2 is 1.59 bits per heavy atom. The highest BCUT2D eigenvalue weighted by atomic mass is 32.2. The predicted molar refractivity (Wildman–Crippen MR) is 160 cm³/mol. The number of ether oxygens (including phenoxy) is 1. The van der Waals surface area contributed by atoms with Crippen molar-refractivity contribution in [2.45, 2.75) is 55.9 Å². The van der Waals surface area contributed by atoms with Crippen LogP contribution in [0.1, 0.15) is 54.4 Å². The van der Waals surface area contributed by atoms with E-state index in [9.17, 15) is 18.0 Å². The summed E-state index contributed by atoms with van der Waals surface area (Å²) in [6.45, 7) is 1.70. The van der Waals surface area contributed by atoms with Crippen LogP contribution in [0.4, 0.5) is 11.4 Å². The third-order valence-electron chi connectivity index (χ3n) is 7.91. The minimum atomic E-state index is -3.31. The number of likely N-dealkylation sites (tertiary alicyclic amines) is 1. The van der Waals surface area contributed by atoms with Gasteiger partial charge in [0.15, 0.2) is 9.84 Å². The van der Waals surface area contributed by atoms with Gasteiger partial charge in [0.1, 0.15) is 5.75 Å². The van der Waals surface area contributed by atoms with Gasteiger partial charge in [-0.2, -0.15) is 0 Å². The molecule has 0 bridgehead atoms. The molecular weight excluding hydrogens is 538 g/mol. The number of para-hydroxylation sites is 1. The quantitative estimate of drug-likeness (QED) is 0.273. The highest BCUT2D eigenvalue weighted by Crippen LogP contribution is 2.32. The zero-order valence-electron chi connectivity index (χ0n) is 23.2. The maximum absolute atomic E-state index is 13.1. The summed E-state index contributed by atoms with van der Waals surface area (Å²) in [5, 5.41) is 0. The van der Waals surface area contributed by atoms with Gasteiger partial charge in [-0.15, -0.1) is 0 Å². The fourth-order valence-electron chi connectivity index (χ4n) is 5.61. The van der Waals surface area contributed by atoms with Crippen molar-refractivity contribution in [1.82, 2.24) is 4.90 Å². The normalized spacial score (nSPS) is 16.0. The van der Waals surface area contributed by atoms with E-state index in [0.717, 1.165) is 37.8 Å². The summed E-state index contributed by atoms with van der Waals surface area (Å²) in [4.78, 5) is 30.0. The Bertz CT molecular complexity index is 1460. The van der Waals surface area contributed by atoms with E-state index >= 15 is 0 Å². The standard InChI is InChI=1S/C32H37N3O5S/c33-26-11-15-29(16-12-26)41(38,39)23-5-1-4-22-40-28-13-8-25(9-14-28)32(37)34-20-18-27(19-21-34)35-30-7-3-2-6-24(30)10-17-31(35)36/h2-3,6-9,11-16,27H,1,4-5,10,17-23,33H2. The van der Waals surface area contributed by atoms with Gasteiger partial charge in [0, 0.05) is 42.5 Å². The number of sulfone groups is 1. The van der Waals surface area contributed by atoms with Gasteiger partial charge in [0.05, 0.1) is 17.3 Å². The first-order valence-corrected chi connectivity index (χ1v) is 16.0. The molecule has 0 unspecified atom stereocenters. The second kappa shape index (κ2) is 12.8. The number of anilines is 2. The van der Waals surface area contributed by atoms with Gasteiger partial charge in [-0.1, -0.05) is 18.2 Å². The number of benzene rings is 3. The predicted octanol–water partition coefficient (Wildman–Crippen LogP) is 4.88. The van der Waals surface area contributed by atoms with Crippen LogP contribution < -0.4 is 15.4 Å². The maximum atomic E-state index is 13.1. The molecule has 216 valence electrons. The lowest BCUT2D eigenvalue weighted by Crippen LogP contribution is -2.50. The number of aryl methyl sites for hydroxylation is 1. The Kier molecular flexibility index (Phi) is 8.93. The SMILES string of the molecule is Nc1ccc(S(=O)(=O)CCCCCOc2ccc(C(=O)N3CCC(N4C(=O)CCc5ccccc54)CC3)cc2)cc1. The molecule has 8 nitrogen and oxygen atoms in total. The first-order valence-electron chi connectivity index (χ1n) is 14.3. The van der Waals surface area contributed by atoms with Crippen LogP contribution in [0.5, 0.6) is 5.75 Å². The second-order valence-electron chi connectivity index (χ2n) is 10.7. The van der Waals surface area contributed by atoms with Crippen molar-refractivity contribution >= 4 is 33.0 Å². The maximum Gasteiger partial charge on any atom is 0.253 e. The summed E-state index contributed by atoms with van der Waals surface area (Å²) in [6.07, 6.45) is 4.86. The third kappa shape index (κ3) is 6.90. The molecule has 2 aliphatic rings. The van der Waals surface area contributed by atoms with Gasteiger partial charge in [-0.25, -0.2) is 8.42 Å². The molecule has 0 aliphatic carbocycles. The van der Waals surface area contributed by atoms with Crippen LogP contribution in [0.2, 0.25) is 0 Å². The van der Waals surface area contributed by atoms with Gasteiger partial charge in [0.25, 0.3) is 5.91 Å². The largest absolute Gasteiger partial charge is 0.494 e. The molecule has 2 aliphatic heterocycles. The molecule has 2 N–H and O–H groups in total. The molecule has 1 saturated heterocycles. The summed E-state index contributed by atoms with van der Waals surface area (Å²) >= 11 is 0. The van der Waals surface area contributed by atoms with Crippen LogP contribution in [0.15, 0.2) is 77.7 Å². The Morgan fingerprint density at radius 3 is 2.32 bits per heavy atom.